The van der Waals surface area contributed by atoms with Crippen LogP contribution in [-0.2, 0) is 0 Å². The number of rotatable bonds is 4. The van der Waals surface area contributed by atoms with Crippen molar-refractivity contribution in [3.8, 4) is 11.3 Å². The van der Waals surface area contributed by atoms with E-state index < -0.39 is 0 Å². The van der Waals surface area contributed by atoms with E-state index in [0.717, 1.165) is 10.7 Å². The van der Waals surface area contributed by atoms with E-state index in [1.165, 1.54) is 11.1 Å². The van der Waals surface area contributed by atoms with Crippen molar-refractivity contribution in [3.05, 3.63) is 40.2 Å². The highest BCUT2D eigenvalue weighted by Gasteiger charge is 2.10. The highest BCUT2D eigenvalue weighted by molar-refractivity contribution is 7.10. The molecule has 0 aliphatic carbocycles. The fourth-order valence-corrected chi connectivity index (χ4v) is 2.69. The van der Waals surface area contributed by atoms with Gasteiger partial charge in [-0.2, -0.15) is 0 Å². The third-order valence-corrected chi connectivity index (χ3v) is 4.25. The second kappa shape index (κ2) is 5.63. The lowest BCUT2D eigenvalue weighted by atomic mass is 10.0. The minimum absolute atomic E-state index is 0.346. The molecular formula is C15H20N2S. The number of thiazole rings is 1. The Morgan fingerprint density at radius 3 is 2.39 bits per heavy atom. The van der Waals surface area contributed by atoms with Gasteiger partial charge in [-0.15, -0.1) is 11.3 Å². The average molecular weight is 260 g/mol. The summed E-state index contributed by atoms with van der Waals surface area (Å²) in [5.74, 6) is 0.918. The summed E-state index contributed by atoms with van der Waals surface area (Å²) < 4.78 is 0. The van der Waals surface area contributed by atoms with Gasteiger partial charge in [0.1, 0.15) is 0 Å². The van der Waals surface area contributed by atoms with Crippen LogP contribution in [0.1, 0.15) is 43.2 Å². The van der Waals surface area contributed by atoms with E-state index in [9.17, 15) is 0 Å². The molecule has 2 N–H and O–H groups in total. The van der Waals surface area contributed by atoms with E-state index >= 15 is 0 Å². The van der Waals surface area contributed by atoms with Gasteiger partial charge in [-0.1, -0.05) is 45.0 Å². The van der Waals surface area contributed by atoms with E-state index in [0.29, 0.717) is 18.4 Å². The Hall–Kier alpha value is -1.19. The van der Waals surface area contributed by atoms with E-state index in [1.807, 2.05) is 0 Å². The minimum Gasteiger partial charge on any atom is -0.330 e. The Kier molecular flexibility index (Phi) is 4.15. The van der Waals surface area contributed by atoms with Gasteiger partial charge in [0, 0.05) is 23.4 Å². The first-order chi connectivity index (χ1) is 8.61. The third-order valence-electron chi connectivity index (χ3n) is 3.17. The molecule has 0 spiro atoms. The molecule has 0 aliphatic heterocycles. The predicted molar refractivity (Wildman–Crippen MR) is 79.1 cm³/mol. The monoisotopic (exact) mass is 260 g/mol. The van der Waals surface area contributed by atoms with Crippen LogP contribution in [0.4, 0.5) is 0 Å². The van der Waals surface area contributed by atoms with Crippen LogP contribution in [0.25, 0.3) is 11.3 Å². The molecular weight excluding hydrogens is 240 g/mol. The summed E-state index contributed by atoms with van der Waals surface area (Å²) in [5.41, 5.74) is 9.28. The summed E-state index contributed by atoms with van der Waals surface area (Å²) in [6.07, 6.45) is 0. The van der Waals surface area contributed by atoms with Gasteiger partial charge in [0.05, 0.1) is 10.7 Å². The summed E-state index contributed by atoms with van der Waals surface area (Å²) in [4.78, 5) is 4.66. The topological polar surface area (TPSA) is 38.9 Å². The Balaban J connectivity index is 2.23. The molecule has 1 atom stereocenters. The largest absolute Gasteiger partial charge is 0.330 e. The molecule has 0 aliphatic rings. The normalized spacial score (nSPS) is 12.9. The number of hydrogen-bond donors (Lipinski definition) is 1. The van der Waals surface area contributed by atoms with Crippen LogP contribution in [0.15, 0.2) is 29.6 Å². The Labute approximate surface area is 113 Å². The van der Waals surface area contributed by atoms with Gasteiger partial charge in [0.15, 0.2) is 0 Å². The van der Waals surface area contributed by atoms with Crippen molar-refractivity contribution in [2.45, 2.75) is 32.6 Å². The van der Waals surface area contributed by atoms with Crippen LogP contribution in [0.5, 0.6) is 0 Å². The molecule has 0 saturated carbocycles. The second-order valence-corrected chi connectivity index (χ2v) is 5.87. The smallest absolute Gasteiger partial charge is 0.0973 e. The van der Waals surface area contributed by atoms with Gasteiger partial charge in [-0.25, -0.2) is 4.98 Å². The SMILES string of the molecule is CC(C)c1ccc(-c2csc(C(C)CN)n2)cc1. The zero-order valence-electron chi connectivity index (χ0n) is 11.2. The van der Waals surface area contributed by atoms with E-state index in [1.54, 1.807) is 11.3 Å². The van der Waals surface area contributed by atoms with Crippen LogP contribution in [0.3, 0.4) is 0 Å². The van der Waals surface area contributed by atoms with Crippen molar-refractivity contribution < 1.29 is 0 Å². The highest BCUT2D eigenvalue weighted by atomic mass is 32.1. The van der Waals surface area contributed by atoms with Gasteiger partial charge in [0.25, 0.3) is 0 Å². The summed E-state index contributed by atoms with van der Waals surface area (Å²) in [6, 6.07) is 8.68. The van der Waals surface area contributed by atoms with Crippen LogP contribution >= 0.6 is 11.3 Å². The number of hydrogen-bond acceptors (Lipinski definition) is 3. The maximum atomic E-state index is 5.67. The van der Waals surface area contributed by atoms with E-state index in [4.69, 9.17) is 5.73 Å². The molecule has 0 fully saturated rings. The van der Waals surface area contributed by atoms with Crippen LogP contribution in [0, 0.1) is 0 Å². The molecule has 3 heteroatoms. The first-order valence-corrected chi connectivity index (χ1v) is 7.25. The van der Waals surface area contributed by atoms with Crippen molar-refractivity contribution in [3.63, 3.8) is 0 Å². The van der Waals surface area contributed by atoms with Crippen molar-refractivity contribution in [2.24, 2.45) is 5.73 Å². The van der Waals surface area contributed by atoms with Crippen molar-refractivity contribution in [1.82, 2.24) is 4.98 Å². The average Bonchev–Trinajstić information content (AvgIpc) is 2.87. The first kappa shape index (κ1) is 13.2. The van der Waals surface area contributed by atoms with Crippen molar-refractivity contribution >= 4 is 11.3 Å². The predicted octanol–water partition coefficient (Wildman–Crippen LogP) is 4.00. The molecule has 1 heterocycles. The molecule has 18 heavy (non-hydrogen) atoms. The maximum absolute atomic E-state index is 5.67. The molecule has 1 aromatic heterocycles. The fourth-order valence-electron chi connectivity index (χ4n) is 1.79. The Morgan fingerprint density at radius 2 is 1.83 bits per heavy atom. The van der Waals surface area contributed by atoms with Crippen LogP contribution in [-0.4, -0.2) is 11.5 Å². The minimum atomic E-state index is 0.346. The highest BCUT2D eigenvalue weighted by Crippen LogP contribution is 2.27. The molecule has 0 bridgehead atoms. The summed E-state index contributed by atoms with van der Waals surface area (Å²) in [6.45, 7) is 7.18. The van der Waals surface area contributed by atoms with Crippen LogP contribution in [0.2, 0.25) is 0 Å². The van der Waals surface area contributed by atoms with Crippen molar-refractivity contribution in [1.29, 1.82) is 0 Å². The molecule has 0 amide bonds. The Bertz CT molecular complexity index is 499. The van der Waals surface area contributed by atoms with Crippen LogP contribution < -0.4 is 5.73 Å². The molecule has 0 saturated heterocycles. The zero-order valence-corrected chi connectivity index (χ0v) is 12.0. The summed E-state index contributed by atoms with van der Waals surface area (Å²) >= 11 is 1.70. The summed E-state index contributed by atoms with van der Waals surface area (Å²) in [7, 11) is 0. The van der Waals surface area contributed by atoms with E-state index in [-0.39, 0.29) is 0 Å². The lowest BCUT2D eigenvalue weighted by Gasteiger charge is -2.05. The molecule has 0 radical (unpaired) electrons. The molecule has 1 aromatic carbocycles. The first-order valence-electron chi connectivity index (χ1n) is 6.37. The zero-order chi connectivity index (χ0) is 13.1. The quantitative estimate of drug-likeness (QED) is 0.902. The number of benzene rings is 1. The van der Waals surface area contributed by atoms with Gasteiger partial charge in [-0.3, -0.25) is 0 Å². The molecule has 2 nitrogen and oxygen atoms in total. The van der Waals surface area contributed by atoms with Gasteiger partial charge in [-0.05, 0) is 11.5 Å². The number of nitrogens with two attached hydrogens (primary N) is 1. The second-order valence-electron chi connectivity index (χ2n) is 4.98. The molecule has 2 rings (SSSR count). The Morgan fingerprint density at radius 1 is 1.17 bits per heavy atom. The lowest BCUT2D eigenvalue weighted by molar-refractivity contribution is 0.766. The third kappa shape index (κ3) is 2.79. The standard InChI is InChI=1S/C15H20N2S/c1-10(2)12-4-6-13(7-5-12)14-9-18-15(17-14)11(3)8-16/h4-7,9-11H,8,16H2,1-3H3. The van der Waals surface area contributed by atoms with Gasteiger partial charge < -0.3 is 5.73 Å². The van der Waals surface area contributed by atoms with Crippen molar-refractivity contribution in [2.75, 3.05) is 6.54 Å². The maximum Gasteiger partial charge on any atom is 0.0973 e. The molecule has 2 aromatic rings. The van der Waals surface area contributed by atoms with Gasteiger partial charge >= 0.3 is 0 Å². The number of aromatic nitrogens is 1. The number of nitrogens with zero attached hydrogens (tertiary/aromatic N) is 1. The molecule has 96 valence electrons. The fraction of sp³-hybridized carbons (Fsp3) is 0.400. The lowest BCUT2D eigenvalue weighted by Crippen LogP contribution is -2.08. The molecule has 1 unspecified atom stereocenters. The van der Waals surface area contributed by atoms with E-state index in [2.05, 4.69) is 55.4 Å². The summed E-state index contributed by atoms with van der Waals surface area (Å²) in [5, 5.41) is 3.24. The van der Waals surface area contributed by atoms with Gasteiger partial charge in [0.2, 0.25) is 0 Å².